The van der Waals surface area contributed by atoms with Crippen molar-refractivity contribution in [3.63, 3.8) is 0 Å². The summed E-state index contributed by atoms with van der Waals surface area (Å²) in [5, 5.41) is 8.97. The van der Waals surface area contributed by atoms with Gasteiger partial charge in [0, 0.05) is 6.54 Å². The fraction of sp³-hybridized carbons (Fsp3) is 0.364. The van der Waals surface area contributed by atoms with Crippen LogP contribution in [-0.2, 0) is 6.42 Å². The summed E-state index contributed by atoms with van der Waals surface area (Å²) in [7, 11) is 1.62. The van der Waals surface area contributed by atoms with E-state index in [2.05, 4.69) is 0 Å². The first-order valence-corrected chi connectivity index (χ1v) is 4.82. The van der Waals surface area contributed by atoms with Crippen LogP contribution in [0.2, 0.25) is 0 Å². The average molecular weight is 207 g/mol. The molecular weight excluding hydrogens is 194 g/mol. The van der Waals surface area contributed by atoms with Crippen LogP contribution < -0.4 is 9.64 Å². The second kappa shape index (κ2) is 3.46. The molecule has 1 heterocycles. The van der Waals surface area contributed by atoms with Gasteiger partial charge >= 0.3 is 6.09 Å². The molecule has 0 fully saturated rings. The molecule has 0 radical (unpaired) electrons. The summed E-state index contributed by atoms with van der Waals surface area (Å²) in [5.41, 5.74) is 2.91. The maximum absolute atomic E-state index is 10.9. The zero-order valence-corrected chi connectivity index (χ0v) is 8.78. The molecule has 0 bridgehead atoms. The van der Waals surface area contributed by atoms with Gasteiger partial charge in [0.2, 0.25) is 0 Å². The van der Waals surface area contributed by atoms with Crippen LogP contribution in [0.5, 0.6) is 5.75 Å². The van der Waals surface area contributed by atoms with Gasteiger partial charge in [0.15, 0.2) is 0 Å². The normalized spacial score (nSPS) is 13.9. The number of fused-ring (bicyclic) bond motifs is 1. The highest BCUT2D eigenvalue weighted by Crippen LogP contribution is 2.35. The van der Waals surface area contributed by atoms with E-state index in [-0.39, 0.29) is 0 Å². The van der Waals surface area contributed by atoms with Gasteiger partial charge in [-0.2, -0.15) is 0 Å². The Balaban J connectivity index is 2.49. The Labute approximate surface area is 88.1 Å². The monoisotopic (exact) mass is 207 g/mol. The predicted molar refractivity (Wildman–Crippen MR) is 56.8 cm³/mol. The van der Waals surface area contributed by atoms with Crippen molar-refractivity contribution in [1.29, 1.82) is 0 Å². The second-order valence-electron chi connectivity index (χ2n) is 3.57. The Bertz CT molecular complexity index is 415. The zero-order valence-electron chi connectivity index (χ0n) is 8.78. The van der Waals surface area contributed by atoms with Crippen LogP contribution in [0, 0.1) is 6.92 Å². The van der Waals surface area contributed by atoms with Gasteiger partial charge < -0.3 is 9.84 Å². The molecule has 0 unspecified atom stereocenters. The quantitative estimate of drug-likeness (QED) is 0.766. The minimum absolute atomic E-state index is 0.540. The third kappa shape index (κ3) is 1.42. The van der Waals surface area contributed by atoms with Gasteiger partial charge in [-0.05, 0) is 36.6 Å². The fourth-order valence-electron chi connectivity index (χ4n) is 2.05. The number of ether oxygens (including phenoxy) is 1. The SMILES string of the molecule is COc1ccc2c(c1C)CCN2C(=O)O. The smallest absolute Gasteiger partial charge is 0.411 e. The molecule has 1 N–H and O–H groups in total. The van der Waals surface area contributed by atoms with E-state index in [4.69, 9.17) is 9.84 Å². The van der Waals surface area contributed by atoms with E-state index in [0.717, 1.165) is 29.0 Å². The van der Waals surface area contributed by atoms with Crippen LogP contribution in [0.25, 0.3) is 0 Å². The lowest BCUT2D eigenvalue weighted by molar-refractivity contribution is 0.202. The lowest BCUT2D eigenvalue weighted by Crippen LogP contribution is -2.26. The number of hydrogen-bond acceptors (Lipinski definition) is 2. The van der Waals surface area contributed by atoms with E-state index in [1.54, 1.807) is 7.11 Å². The van der Waals surface area contributed by atoms with Crippen molar-refractivity contribution in [2.24, 2.45) is 0 Å². The van der Waals surface area contributed by atoms with Gasteiger partial charge in [-0.25, -0.2) is 4.79 Å². The van der Waals surface area contributed by atoms with Crippen molar-refractivity contribution >= 4 is 11.8 Å². The Morgan fingerprint density at radius 1 is 1.53 bits per heavy atom. The molecule has 0 saturated heterocycles. The molecule has 15 heavy (non-hydrogen) atoms. The standard InChI is InChI=1S/C11H13NO3/c1-7-8-5-6-12(11(13)14)9(8)3-4-10(7)15-2/h3-4H,5-6H2,1-2H3,(H,13,14). The molecule has 0 aromatic heterocycles. The van der Waals surface area contributed by atoms with Crippen molar-refractivity contribution in [2.75, 3.05) is 18.6 Å². The Morgan fingerprint density at radius 2 is 2.27 bits per heavy atom. The number of carbonyl (C=O) groups is 1. The molecule has 0 atom stereocenters. The number of methoxy groups -OCH3 is 1. The van der Waals surface area contributed by atoms with E-state index in [9.17, 15) is 4.79 Å². The number of carboxylic acid groups (broad SMARTS) is 1. The van der Waals surface area contributed by atoms with E-state index in [1.165, 1.54) is 4.90 Å². The van der Waals surface area contributed by atoms with Crippen LogP contribution in [0.4, 0.5) is 10.5 Å². The summed E-state index contributed by atoms with van der Waals surface area (Å²) in [6.45, 7) is 2.50. The van der Waals surface area contributed by atoms with Crippen LogP contribution >= 0.6 is 0 Å². The van der Waals surface area contributed by atoms with Crippen molar-refractivity contribution < 1.29 is 14.6 Å². The van der Waals surface area contributed by atoms with Gasteiger partial charge in [-0.1, -0.05) is 0 Å². The van der Waals surface area contributed by atoms with Crippen molar-refractivity contribution in [2.45, 2.75) is 13.3 Å². The summed E-state index contributed by atoms with van der Waals surface area (Å²) in [4.78, 5) is 12.3. The second-order valence-corrected chi connectivity index (χ2v) is 3.57. The molecule has 1 aliphatic rings. The lowest BCUT2D eigenvalue weighted by Gasteiger charge is -2.14. The molecule has 1 amide bonds. The van der Waals surface area contributed by atoms with Crippen molar-refractivity contribution in [3.05, 3.63) is 23.3 Å². The summed E-state index contributed by atoms with van der Waals surface area (Å²) in [6.07, 6.45) is -0.122. The van der Waals surface area contributed by atoms with Crippen LogP contribution in [0.1, 0.15) is 11.1 Å². The van der Waals surface area contributed by atoms with Crippen LogP contribution in [-0.4, -0.2) is 24.9 Å². The predicted octanol–water partition coefficient (Wildman–Crippen LogP) is 2.04. The van der Waals surface area contributed by atoms with Gasteiger partial charge in [-0.3, -0.25) is 4.90 Å². The fourth-order valence-corrected chi connectivity index (χ4v) is 2.05. The van der Waals surface area contributed by atoms with Gasteiger partial charge in [0.1, 0.15) is 5.75 Å². The van der Waals surface area contributed by atoms with Gasteiger partial charge in [0.05, 0.1) is 12.8 Å². The molecule has 1 aliphatic heterocycles. The highest BCUT2D eigenvalue weighted by molar-refractivity contribution is 5.89. The molecule has 1 aromatic rings. The first-order chi connectivity index (χ1) is 7.15. The molecule has 4 nitrogen and oxygen atoms in total. The largest absolute Gasteiger partial charge is 0.496 e. The van der Waals surface area contributed by atoms with Crippen LogP contribution in [0.15, 0.2) is 12.1 Å². The number of hydrogen-bond donors (Lipinski definition) is 1. The van der Waals surface area contributed by atoms with Crippen molar-refractivity contribution in [1.82, 2.24) is 0 Å². The lowest BCUT2D eigenvalue weighted by atomic mass is 10.1. The number of benzene rings is 1. The van der Waals surface area contributed by atoms with E-state index < -0.39 is 6.09 Å². The average Bonchev–Trinajstić information content (AvgIpc) is 2.62. The molecule has 80 valence electrons. The van der Waals surface area contributed by atoms with Crippen molar-refractivity contribution in [3.8, 4) is 5.75 Å². The molecule has 4 heteroatoms. The van der Waals surface area contributed by atoms with Gasteiger partial charge in [0.25, 0.3) is 0 Å². The van der Waals surface area contributed by atoms with Crippen LogP contribution in [0.3, 0.4) is 0 Å². The Kier molecular flexibility index (Phi) is 2.26. The number of rotatable bonds is 1. The molecule has 2 rings (SSSR count). The van der Waals surface area contributed by atoms with Gasteiger partial charge in [-0.15, -0.1) is 0 Å². The highest BCUT2D eigenvalue weighted by atomic mass is 16.5. The highest BCUT2D eigenvalue weighted by Gasteiger charge is 2.26. The van der Waals surface area contributed by atoms with E-state index >= 15 is 0 Å². The molecule has 0 aliphatic carbocycles. The first kappa shape index (κ1) is 9.83. The third-order valence-corrected chi connectivity index (χ3v) is 2.85. The number of anilines is 1. The van der Waals surface area contributed by atoms with E-state index in [1.807, 2.05) is 19.1 Å². The number of amides is 1. The number of nitrogens with zero attached hydrogens (tertiary/aromatic N) is 1. The topological polar surface area (TPSA) is 49.8 Å². The molecular formula is C11H13NO3. The summed E-state index contributed by atoms with van der Waals surface area (Å²) < 4.78 is 5.20. The zero-order chi connectivity index (χ0) is 11.0. The first-order valence-electron chi connectivity index (χ1n) is 4.82. The summed E-state index contributed by atoms with van der Waals surface area (Å²) >= 11 is 0. The minimum Gasteiger partial charge on any atom is -0.496 e. The minimum atomic E-state index is -0.890. The summed E-state index contributed by atoms with van der Waals surface area (Å²) in [5.74, 6) is 0.820. The Morgan fingerprint density at radius 3 is 2.87 bits per heavy atom. The Hall–Kier alpha value is -1.71. The maximum atomic E-state index is 10.9. The third-order valence-electron chi connectivity index (χ3n) is 2.85. The van der Waals surface area contributed by atoms with E-state index in [0.29, 0.717) is 6.54 Å². The molecule has 1 aromatic carbocycles. The summed E-state index contributed by atoms with van der Waals surface area (Å²) in [6, 6.07) is 3.62. The molecule has 0 spiro atoms. The maximum Gasteiger partial charge on any atom is 0.411 e. The molecule has 0 saturated carbocycles.